The molecule has 1 atom stereocenters. The quantitative estimate of drug-likeness (QED) is 0.571. The third kappa shape index (κ3) is 5.42. The van der Waals surface area contributed by atoms with Crippen LogP contribution in [-0.4, -0.2) is 6.04 Å². The summed E-state index contributed by atoms with van der Waals surface area (Å²) in [5, 5.41) is 4.14. The average molecular weight is 255 g/mol. The van der Waals surface area contributed by atoms with Crippen molar-refractivity contribution in [2.75, 3.05) is 5.73 Å². The van der Waals surface area contributed by atoms with Crippen LogP contribution in [0.15, 0.2) is 18.2 Å². The van der Waals surface area contributed by atoms with Gasteiger partial charge < -0.3 is 11.1 Å². The molecule has 96 valence electrons. The minimum atomic E-state index is 0.554. The fourth-order valence-electron chi connectivity index (χ4n) is 1.80. The van der Waals surface area contributed by atoms with Crippen LogP contribution in [0.4, 0.5) is 5.69 Å². The number of nitrogens with one attached hydrogen (secondary N) is 1. The second-order valence-electron chi connectivity index (χ2n) is 4.63. The Kier molecular flexibility index (Phi) is 6.38. The predicted octanol–water partition coefficient (Wildman–Crippen LogP) is 3.98. The molecule has 1 unspecified atom stereocenters. The highest BCUT2D eigenvalue weighted by Gasteiger charge is 2.02. The lowest BCUT2D eigenvalue weighted by molar-refractivity contribution is 0.487. The summed E-state index contributed by atoms with van der Waals surface area (Å²) < 4.78 is 0. The van der Waals surface area contributed by atoms with E-state index >= 15 is 0 Å². The van der Waals surface area contributed by atoms with Crippen LogP contribution in [-0.2, 0) is 6.54 Å². The first-order valence-corrected chi connectivity index (χ1v) is 6.78. The van der Waals surface area contributed by atoms with Gasteiger partial charge in [-0.05, 0) is 31.0 Å². The number of nitrogens with two attached hydrogens (primary N) is 1. The second kappa shape index (κ2) is 7.57. The number of rotatable bonds is 7. The summed E-state index contributed by atoms with van der Waals surface area (Å²) in [5.41, 5.74) is 7.61. The first-order chi connectivity index (χ1) is 8.13. The molecular weight excluding hydrogens is 232 g/mol. The van der Waals surface area contributed by atoms with E-state index < -0.39 is 0 Å². The maximum atomic E-state index is 5.88. The van der Waals surface area contributed by atoms with Crippen molar-refractivity contribution in [3.63, 3.8) is 0 Å². The van der Waals surface area contributed by atoms with Crippen LogP contribution in [0.1, 0.15) is 45.1 Å². The number of hydrogen-bond donors (Lipinski definition) is 2. The molecule has 1 rings (SSSR count). The van der Waals surface area contributed by atoms with E-state index in [4.69, 9.17) is 17.3 Å². The standard InChI is InChI=1S/C14H23ClN2/c1-3-4-5-6-11(2)17-10-12-7-8-13(15)14(16)9-12/h7-9,11,17H,3-6,10,16H2,1-2H3. The maximum absolute atomic E-state index is 5.88. The molecule has 0 fully saturated rings. The molecule has 0 saturated heterocycles. The third-order valence-electron chi connectivity index (χ3n) is 2.96. The molecule has 0 aliphatic carbocycles. The first-order valence-electron chi connectivity index (χ1n) is 6.40. The molecule has 0 bridgehead atoms. The largest absolute Gasteiger partial charge is 0.398 e. The third-order valence-corrected chi connectivity index (χ3v) is 3.30. The van der Waals surface area contributed by atoms with Crippen molar-refractivity contribution in [2.24, 2.45) is 0 Å². The normalized spacial score (nSPS) is 12.6. The first kappa shape index (κ1) is 14.3. The SMILES string of the molecule is CCCCCC(C)NCc1ccc(Cl)c(N)c1. The van der Waals surface area contributed by atoms with Gasteiger partial charge in [0, 0.05) is 12.6 Å². The molecule has 0 aromatic heterocycles. The van der Waals surface area contributed by atoms with Gasteiger partial charge in [0.2, 0.25) is 0 Å². The monoisotopic (exact) mass is 254 g/mol. The Labute approximate surface area is 110 Å². The van der Waals surface area contributed by atoms with Crippen molar-refractivity contribution < 1.29 is 0 Å². The molecule has 2 nitrogen and oxygen atoms in total. The summed E-state index contributed by atoms with van der Waals surface area (Å²) in [6.07, 6.45) is 5.13. The highest BCUT2D eigenvalue weighted by atomic mass is 35.5. The minimum Gasteiger partial charge on any atom is -0.398 e. The van der Waals surface area contributed by atoms with E-state index in [9.17, 15) is 0 Å². The number of hydrogen-bond acceptors (Lipinski definition) is 2. The molecule has 1 aromatic carbocycles. The van der Waals surface area contributed by atoms with Crippen LogP contribution < -0.4 is 11.1 Å². The van der Waals surface area contributed by atoms with E-state index in [1.165, 1.54) is 31.2 Å². The van der Waals surface area contributed by atoms with Crippen molar-refractivity contribution in [1.29, 1.82) is 0 Å². The molecule has 0 heterocycles. The van der Waals surface area contributed by atoms with Gasteiger partial charge in [0.05, 0.1) is 10.7 Å². The van der Waals surface area contributed by atoms with E-state index in [0.29, 0.717) is 16.8 Å². The van der Waals surface area contributed by atoms with E-state index in [1.807, 2.05) is 18.2 Å². The van der Waals surface area contributed by atoms with Crippen molar-refractivity contribution in [1.82, 2.24) is 5.32 Å². The average Bonchev–Trinajstić information content (AvgIpc) is 2.31. The topological polar surface area (TPSA) is 38.0 Å². The smallest absolute Gasteiger partial charge is 0.0635 e. The number of anilines is 1. The molecular formula is C14H23ClN2. The van der Waals surface area contributed by atoms with Crippen molar-refractivity contribution >= 4 is 17.3 Å². The molecule has 1 aromatic rings. The van der Waals surface area contributed by atoms with Crippen molar-refractivity contribution in [3.8, 4) is 0 Å². The lowest BCUT2D eigenvalue weighted by atomic mass is 10.1. The van der Waals surface area contributed by atoms with E-state index in [1.54, 1.807) is 0 Å². The Morgan fingerprint density at radius 2 is 2.12 bits per heavy atom. The van der Waals surface area contributed by atoms with Crippen LogP contribution in [0, 0.1) is 0 Å². The van der Waals surface area contributed by atoms with Gasteiger partial charge in [0.1, 0.15) is 0 Å². The number of nitrogen functional groups attached to an aromatic ring is 1. The Hall–Kier alpha value is -0.730. The van der Waals surface area contributed by atoms with Crippen LogP contribution in [0.25, 0.3) is 0 Å². The Bertz CT molecular complexity index is 339. The predicted molar refractivity (Wildman–Crippen MR) is 76.3 cm³/mol. The second-order valence-corrected chi connectivity index (χ2v) is 5.04. The van der Waals surface area contributed by atoms with E-state index in [2.05, 4.69) is 19.2 Å². The molecule has 0 amide bonds. The molecule has 0 aliphatic rings. The van der Waals surface area contributed by atoms with Gasteiger partial charge in [-0.15, -0.1) is 0 Å². The molecule has 0 spiro atoms. The Morgan fingerprint density at radius 3 is 2.76 bits per heavy atom. The zero-order valence-corrected chi connectivity index (χ0v) is 11.6. The van der Waals surface area contributed by atoms with E-state index in [-0.39, 0.29) is 0 Å². The fraction of sp³-hybridized carbons (Fsp3) is 0.571. The summed E-state index contributed by atoms with van der Waals surface area (Å²) in [6.45, 7) is 5.32. The van der Waals surface area contributed by atoms with Gasteiger partial charge in [0.25, 0.3) is 0 Å². The molecule has 0 saturated carbocycles. The summed E-state index contributed by atoms with van der Waals surface area (Å²) >= 11 is 5.88. The molecule has 0 aliphatic heterocycles. The molecule has 3 heteroatoms. The van der Waals surface area contributed by atoms with Crippen LogP contribution in [0.3, 0.4) is 0 Å². The summed E-state index contributed by atoms with van der Waals surface area (Å²) in [6, 6.07) is 6.37. The van der Waals surface area contributed by atoms with Gasteiger partial charge in [-0.2, -0.15) is 0 Å². The number of halogens is 1. The fourth-order valence-corrected chi connectivity index (χ4v) is 1.92. The van der Waals surface area contributed by atoms with Crippen LogP contribution >= 0.6 is 11.6 Å². The van der Waals surface area contributed by atoms with Crippen LogP contribution in [0.2, 0.25) is 5.02 Å². The minimum absolute atomic E-state index is 0.554. The summed E-state index contributed by atoms with van der Waals surface area (Å²) in [4.78, 5) is 0. The zero-order chi connectivity index (χ0) is 12.7. The number of unbranched alkanes of at least 4 members (excludes halogenated alkanes) is 2. The lowest BCUT2D eigenvalue weighted by Gasteiger charge is -2.14. The van der Waals surface area contributed by atoms with Gasteiger partial charge in [-0.25, -0.2) is 0 Å². The number of benzene rings is 1. The van der Waals surface area contributed by atoms with Crippen molar-refractivity contribution in [3.05, 3.63) is 28.8 Å². The highest BCUT2D eigenvalue weighted by Crippen LogP contribution is 2.19. The Morgan fingerprint density at radius 1 is 1.35 bits per heavy atom. The van der Waals surface area contributed by atoms with E-state index in [0.717, 1.165) is 6.54 Å². The summed E-state index contributed by atoms with van der Waals surface area (Å²) in [5.74, 6) is 0. The Balaban J connectivity index is 2.31. The highest BCUT2D eigenvalue weighted by molar-refractivity contribution is 6.33. The lowest BCUT2D eigenvalue weighted by Crippen LogP contribution is -2.25. The van der Waals surface area contributed by atoms with Gasteiger partial charge >= 0.3 is 0 Å². The molecule has 3 N–H and O–H groups in total. The maximum Gasteiger partial charge on any atom is 0.0635 e. The van der Waals surface area contributed by atoms with Gasteiger partial charge in [-0.1, -0.05) is 43.9 Å². The molecule has 17 heavy (non-hydrogen) atoms. The zero-order valence-electron chi connectivity index (χ0n) is 10.8. The molecule has 0 radical (unpaired) electrons. The van der Waals surface area contributed by atoms with Gasteiger partial charge in [0.15, 0.2) is 0 Å². The van der Waals surface area contributed by atoms with Crippen LogP contribution in [0.5, 0.6) is 0 Å². The van der Waals surface area contributed by atoms with Gasteiger partial charge in [-0.3, -0.25) is 0 Å². The summed E-state index contributed by atoms with van der Waals surface area (Å²) in [7, 11) is 0. The van der Waals surface area contributed by atoms with Crippen molar-refractivity contribution in [2.45, 2.75) is 52.1 Å².